The van der Waals surface area contributed by atoms with Gasteiger partial charge in [-0.05, 0) is 56.7 Å². The predicted octanol–water partition coefficient (Wildman–Crippen LogP) is 5.58. The number of amides is 2. The van der Waals surface area contributed by atoms with E-state index in [0.717, 1.165) is 9.87 Å². The van der Waals surface area contributed by atoms with E-state index in [9.17, 15) is 18.0 Å². The summed E-state index contributed by atoms with van der Waals surface area (Å²) in [5, 5.41) is 2.96. The van der Waals surface area contributed by atoms with Gasteiger partial charge in [0.1, 0.15) is 24.2 Å². The molecule has 4 rings (SSSR count). The number of hydrogen-bond acceptors (Lipinski definition) is 5. The van der Waals surface area contributed by atoms with Crippen LogP contribution in [0.2, 0.25) is 0 Å². The fourth-order valence-corrected chi connectivity index (χ4v) is 6.26. The molecular formula is C35H38FN3O5S. The number of halogens is 1. The van der Waals surface area contributed by atoms with Crippen molar-refractivity contribution in [1.82, 2.24) is 10.2 Å². The van der Waals surface area contributed by atoms with Crippen molar-refractivity contribution in [3.8, 4) is 5.75 Å². The molecule has 10 heteroatoms. The van der Waals surface area contributed by atoms with Gasteiger partial charge in [0, 0.05) is 30.1 Å². The second-order valence-electron chi connectivity index (χ2n) is 11.6. The first-order chi connectivity index (χ1) is 21.4. The van der Waals surface area contributed by atoms with Crippen molar-refractivity contribution in [2.45, 2.75) is 50.2 Å². The molecule has 4 aromatic rings. The van der Waals surface area contributed by atoms with Crippen LogP contribution in [0, 0.1) is 5.82 Å². The smallest absolute Gasteiger partial charge is 0.264 e. The maximum absolute atomic E-state index is 15.0. The zero-order valence-corrected chi connectivity index (χ0v) is 26.6. The van der Waals surface area contributed by atoms with Crippen molar-refractivity contribution >= 4 is 27.5 Å². The first kappa shape index (κ1) is 33.2. The molecule has 0 unspecified atom stereocenters. The SMILES string of the molecule is COc1cccc(N(CC(=O)N(Cc2ccccc2F)[C@H](Cc2ccccc2)C(=O)NC(C)(C)C)S(=O)(=O)c2ccccc2)c1. The van der Waals surface area contributed by atoms with E-state index >= 15 is 4.39 Å². The van der Waals surface area contributed by atoms with Crippen LogP contribution < -0.4 is 14.4 Å². The normalized spacial score (nSPS) is 12.2. The highest BCUT2D eigenvalue weighted by atomic mass is 32.2. The largest absolute Gasteiger partial charge is 0.497 e. The molecule has 0 fully saturated rings. The van der Waals surface area contributed by atoms with Crippen LogP contribution in [0.15, 0.2) is 114 Å². The topological polar surface area (TPSA) is 96.0 Å². The fourth-order valence-electron chi connectivity index (χ4n) is 4.83. The standard InChI is InChI=1S/C35H38FN3O5S/c1-35(2,3)37-34(41)32(22-26-14-7-5-8-15-26)38(24-27-16-11-12-21-31(27)36)33(40)25-39(28-17-13-18-29(23-28)44-4)45(42,43)30-19-9-6-10-20-30/h5-21,23,32H,22,24-25H2,1-4H3,(H,37,41)/t32-/m1/s1. The van der Waals surface area contributed by atoms with Gasteiger partial charge in [0.05, 0.1) is 17.7 Å². The number of carbonyl (C=O) groups is 2. The van der Waals surface area contributed by atoms with Gasteiger partial charge >= 0.3 is 0 Å². The van der Waals surface area contributed by atoms with Crippen molar-refractivity contribution in [2.75, 3.05) is 18.0 Å². The van der Waals surface area contributed by atoms with Crippen LogP contribution in [0.5, 0.6) is 5.75 Å². The molecule has 0 saturated carbocycles. The summed E-state index contributed by atoms with van der Waals surface area (Å²) in [7, 11) is -2.81. The van der Waals surface area contributed by atoms with Crippen LogP contribution >= 0.6 is 0 Å². The molecule has 0 aliphatic carbocycles. The molecule has 1 N–H and O–H groups in total. The summed E-state index contributed by atoms with van der Waals surface area (Å²) in [6.45, 7) is 4.55. The molecule has 0 bridgehead atoms. The summed E-state index contributed by atoms with van der Waals surface area (Å²) < 4.78 is 49.5. The minimum Gasteiger partial charge on any atom is -0.497 e. The molecule has 0 aliphatic heterocycles. The highest BCUT2D eigenvalue weighted by Crippen LogP contribution is 2.28. The summed E-state index contributed by atoms with van der Waals surface area (Å²) in [4.78, 5) is 29.6. The molecule has 0 saturated heterocycles. The van der Waals surface area contributed by atoms with Crippen molar-refractivity contribution in [2.24, 2.45) is 0 Å². The van der Waals surface area contributed by atoms with Crippen LogP contribution in [0.1, 0.15) is 31.9 Å². The molecule has 0 aliphatic rings. The summed E-state index contributed by atoms with van der Waals surface area (Å²) in [5.74, 6) is -1.30. The summed E-state index contributed by atoms with van der Waals surface area (Å²) in [6, 6.07) is 28.2. The average molecular weight is 632 g/mol. The van der Waals surface area contributed by atoms with Crippen molar-refractivity contribution in [3.05, 3.63) is 126 Å². The zero-order chi connectivity index (χ0) is 32.6. The monoisotopic (exact) mass is 631 g/mol. The zero-order valence-electron chi connectivity index (χ0n) is 25.8. The molecule has 8 nitrogen and oxygen atoms in total. The van der Waals surface area contributed by atoms with Crippen LogP contribution in [0.3, 0.4) is 0 Å². The fraction of sp³-hybridized carbons (Fsp3) is 0.257. The lowest BCUT2D eigenvalue weighted by atomic mass is 10.0. The van der Waals surface area contributed by atoms with Crippen LogP contribution in [0.25, 0.3) is 0 Å². The summed E-state index contributed by atoms with van der Waals surface area (Å²) >= 11 is 0. The molecule has 0 radical (unpaired) electrons. The van der Waals surface area contributed by atoms with Gasteiger partial charge in [-0.3, -0.25) is 13.9 Å². The molecule has 1 atom stereocenters. The van der Waals surface area contributed by atoms with Gasteiger partial charge < -0.3 is 15.0 Å². The van der Waals surface area contributed by atoms with Gasteiger partial charge in [0.15, 0.2) is 0 Å². The van der Waals surface area contributed by atoms with Crippen LogP contribution in [-0.2, 0) is 32.6 Å². The highest BCUT2D eigenvalue weighted by Gasteiger charge is 2.36. The van der Waals surface area contributed by atoms with E-state index in [0.29, 0.717) is 5.75 Å². The second kappa shape index (κ2) is 14.4. The lowest BCUT2D eigenvalue weighted by molar-refractivity contribution is -0.140. The molecular weight excluding hydrogens is 593 g/mol. The Labute approximate surface area is 264 Å². The molecule has 0 aromatic heterocycles. The minimum absolute atomic E-state index is 0.0208. The molecule has 236 valence electrons. The Bertz CT molecular complexity index is 1710. The van der Waals surface area contributed by atoms with Crippen LogP contribution in [0.4, 0.5) is 10.1 Å². The van der Waals surface area contributed by atoms with Gasteiger partial charge in [0.2, 0.25) is 11.8 Å². The van der Waals surface area contributed by atoms with E-state index < -0.39 is 45.8 Å². The van der Waals surface area contributed by atoms with Gasteiger partial charge in [-0.1, -0.05) is 72.8 Å². The highest BCUT2D eigenvalue weighted by molar-refractivity contribution is 7.92. The van der Waals surface area contributed by atoms with E-state index in [2.05, 4.69) is 5.32 Å². The molecule has 2 amide bonds. The molecule has 0 heterocycles. The maximum Gasteiger partial charge on any atom is 0.264 e. The van der Waals surface area contributed by atoms with Crippen molar-refractivity contribution in [3.63, 3.8) is 0 Å². The average Bonchev–Trinajstić information content (AvgIpc) is 3.02. The van der Waals surface area contributed by atoms with Gasteiger partial charge in [-0.25, -0.2) is 12.8 Å². The third-order valence-electron chi connectivity index (χ3n) is 7.02. The molecule has 4 aromatic carbocycles. The van der Waals surface area contributed by atoms with E-state index in [-0.39, 0.29) is 29.1 Å². The maximum atomic E-state index is 15.0. The van der Waals surface area contributed by atoms with E-state index in [1.165, 1.54) is 48.4 Å². The minimum atomic E-state index is -4.27. The third kappa shape index (κ3) is 8.69. The quantitative estimate of drug-likeness (QED) is 0.220. The first-order valence-corrected chi connectivity index (χ1v) is 15.9. The Morgan fingerprint density at radius 2 is 1.49 bits per heavy atom. The number of rotatable bonds is 12. The van der Waals surface area contributed by atoms with E-state index in [1.54, 1.807) is 42.5 Å². The Balaban J connectivity index is 1.83. The summed E-state index contributed by atoms with van der Waals surface area (Å²) in [5.41, 5.74) is 0.518. The lowest BCUT2D eigenvalue weighted by Crippen LogP contribution is -2.56. The second-order valence-corrected chi connectivity index (χ2v) is 13.4. The number of methoxy groups -OCH3 is 1. The van der Waals surface area contributed by atoms with E-state index in [1.807, 2.05) is 51.1 Å². The van der Waals surface area contributed by atoms with E-state index in [4.69, 9.17) is 4.74 Å². The molecule has 45 heavy (non-hydrogen) atoms. The van der Waals surface area contributed by atoms with Crippen molar-refractivity contribution < 1.29 is 27.1 Å². The van der Waals surface area contributed by atoms with Gasteiger partial charge in [-0.15, -0.1) is 0 Å². The summed E-state index contributed by atoms with van der Waals surface area (Å²) in [6.07, 6.45) is 0.119. The third-order valence-corrected chi connectivity index (χ3v) is 8.81. The van der Waals surface area contributed by atoms with Crippen LogP contribution in [-0.4, -0.2) is 50.4 Å². The number of ether oxygens (including phenoxy) is 1. The van der Waals surface area contributed by atoms with Crippen molar-refractivity contribution in [1.29, 1.82) is 0 Å². The molecule has 0 spiro atoms. The number of hydrogen-bond donors (Lipinski definition) is 1. The Morgan fingerprint density at radius 1 is 0.867 bits per heavy atom. The Hall–Kier alpha value is -4.70. The number of anilines is 1. The number of nitrogens with zero attached hydrogens (tertiary/aromatic N) is 2. The van der Waals surface area contributed by atoms with Gasteiger partial charge in [-0.2, -0.15) is 0 Å². The Morgan fingerprint density at radius 3 is 2.11 bits per heavy atom. The predicted molar refractivity (Wildman–Crippen MR) is 173 cm³/mol. The number of sulfonamides is 1. The Kier molecular flexibility index (Phi) is 10.6. The van der Waals surface area contributed by atoms with Gasteiger partial charge in [0.25, 0.3) is 10.0 Å². The number of benzene rings is 4. The number of nitrogens with one attached hydrogen (secondary N) is 1. The number of carbonyl (C=O) groups excluding carboxylic acids is 2. The first-order valence-electron chi connectivity index (χ1n) is 14.5. The lowest BCUT2D eigenvalue weighted by Gasteiger charge is -2.35.